The number of rotatable bonds is 7. The van der Waals surface area contributed by atoms with Gasteiger partial charge in [-0.05, 0) is 19.3 Å². The van der Waals surface area contributed by atoms with Gasteiger partial charge in [0.2, 0.25) is 11.8 Å². The van der Waals surface area contributed by atoms with E-state index in [1.807, 2.05) is 11.8 Å². The van der Waals surface area contributed by atoms with Crippen LogP contribution in [0, 0.1) is 0 Å². The maximum Gasteiger partial charge on any atom is 0.236 e. The summed E-state index contributed by atoms with van der Waals surface area (Å²) in [7, 11) is 0. The molecular weight excluding hydrogens is 256 g/mol. The van der Waals surface area contributed by atoms with Crippen LogP contribution >= 0.6 is 0 Å². The lowest BCUT2D eigenvalue weighted by atomic mass is 10.3. The fourth-order valence-electron chi connectivity index (χ4n) is 2.31. The molecule has 2 rings (SSSR count). The van der Waals surface area contributed by atoms with Crippen LogP contribution in [0.3, 0.4) is 0 Å². The van der Waals surface area contributed by atoms with Crippen LogP contribution in [-0.2, 0) is 9.59 Å². The molecule has 6 heteroatoms. The first-order valence-electron chi connectivity index (χ1n) is 7.69. The van der Waals surface area contributed by atoms with Crippen LogP contribution in [0.1, 0.15) is 26.2 Å². The third kappa shape index (κ3) is 5.09. The number of nitrogens with zero attached hydrogens (tertiary/aromatic N) is 2. The molecule has 2 amide bonds. The van der Waals surface area contributed by atoms with Gasteiger partial charge in [0.15, 0.2) is 0 Å². The van der Waals surface area contributed by atoms with Crippen molar-refractivity contribution in [2.24, 2.45) is 0 Å². The normalized spacial score (nSPS) is 19.9. The molecule has 0 unspecified atom stereocenters. The van der Waals surface area contributed by atoms with Crippen LogP contribution < -0.4 is 10.6 Å². The zero-order chi connectivity index (χ0) is 14.4. The van der Waals surface area contributed by atoms with Gasteiger partial charge < -0.3 is 15.5 Å². The summed E-state index contributed by atoms with van der Waals surface area (Å²) < 4.78 is 0. The number of carbonyl (C=O) groups excluding carboxylic acids is 2. The highest BCUT2D eigenvalue weighted by Gasteiger charge is 2.25. The monoisotopic (exact) mass is 282 g/mol. The Balaban J connectivity index is 1.61. The molecule has 1 heterocycles. The number of hydrogen-bond donors (Lipinski definition) is 2. The summed E-state index contributed by atoms with van der Waals surface area (Å²) in [6.07, 6.45) is 3.36. The summed E-state index contributed by atoms with van der Waals surface area (Å²) in [5.41, 5.74) is 0. The Morgan fingerprint density at radius 3 is 2.45 bits per heavy atom. The lowest BCUT2D eigenvalue weighted by molar-refractivity contribution is -0.132. The summed E-state index contributed by atoms with van der Waals surface area (Å²) in [5, 5.41) is 6.13. The van der Waals surface area contributed by atoms with Crippen molar-refractivity contribution in [3.05, 3.63) is 0 Å². The summed E-state index contributed by atoms with van der Waals surface area (Å²) in [6, 6.07) is 0.572. The van der Waals surface area contributed by atoms with Crippen LogP contribution in [-0.4, -0.2) is 73.5 Å². The minimum atomic E-state index is 0.0852. The number of hydrogen-bond acceptors (Lipinski definition) is 4. The third-order valence-electron chi connectivity index (χ3n) is 3.78. The molecule has 0 aromatic carbocycles. The number of carbonyl (C=O) groups is 2. The zero-order valence-corrected chi connectivity index (χ0v) is 12.4. The average molecular weight is 282 g/mol. The van der Waals surface area contributed by atoms with E-state index in [-0.39, 0.29) is 11.8 Å². The van der Waals surface area contributed by atoms with Crippen molar-refractivity contribution in [2.75, 3.05) is 45.8 Å². The van der Waals surface area contributed by atoms with E-state index < -0.39 is 0 Å². The maximum absolute atomic E-state index is 12.0. The minimum absolute atomic E-state index is 0.0852. The largest absolute Gasteiger partial charge is 0.355 e. The summed E-state index contributed by atoms with van der Waals surface area (Å²) in [6.45, 7) is 6.72. The van der Waals surface area contributed by atoms with Crippen LogP contribution in [0.5, 0.6) is 0 Å². The molecule has 1 aliphatic heterocycles. The molecule has 2 N–H and O–H groups in total. The maximum atomic E-state index is 12.0. The van der Waals surface area contributed by atoms with Gasteiger partial charge in [-0.3, -0.25) is 14.5 Å². The van der Waals surface area contributed by atoms with Gasteiger partial charge in [-0.1, -0.05) is 6.92 Å². The van der Waals surface area contributed by atoms with E-state index in [1.165, 1.54) is 12.8 Å². The van der Waals surface area contributed by atoms with Gasteiger partial charge in [-0.15, -0.1) is 0 Å². The summed E-state index contributed by atoms with van der Waals surface area (Å²) in [5.74, 6) is 0.272. The van der Waals surface area contributed by atoms with Gasteiger partial charge in [0.1, 0.15) is 0 Å². The smallest absolute Gasteiger partial charge is 0.236 e. The molecule has 0 aromatic rings. The molecule has 20 heavy (non-hydrogen) atoms. The van der Waals surface area contributed by atoms with Crippen molar-refractivity contribution in [3.8, 4) is 0 Å². The van der Waals surface area contributed by atoms with Crippen molar-refractivity contribution >= 4 is 11.8 Å². The highest BCUT2D eigenvalue weighted by Crippen LogP contribution is 2.18. The van der Waals surface area contributed by atoms with E-state index in [0.29, 0.717) is 19.1 Å². The first-order valence-corrected chi connectivity index (χ1v) is 7.69. The van der Waals surface area contributed by atoms with Gasteiger partial charge in [-0.25, -0.2) is 0 Å². The number of piperazine rings is 1. The van der Waals surface area contributed by atoms with Crippen LogP contribution in [0.2, 0.25) is 0 Å². The highest BCUT2D eigenvalue weighted by molar-refractivity contribution is 5.79. The Morgan fingerprint density at radius 1 is 1.15 bits per heavy atom. The molecular formula is C14H26N4O2. The lowest BCUT2D eigenvalue weighted by Gasteiger charge is -2.34. The van der Waals surface area contributed by atoms with E-state index >= 15 is 0 Å². The summed E-state index contributed by atoms with van der Waals surface area (Å²) in [4.78, 5) is 27.6. The molecule has 0 atom stereocenters. The molecule has 0 aromatic heterocycles. The quantitative estimate of drug-likeness (QED) is 0.655. The molecule has 0 spiro atoms. The zero-order valence-electron chi connectivity index (χ0n) is 12.4. The van der Waals surface area contributed by atoms with E-state index in [1.54, 1.807) is 0 Å². The molecule has 6 nitrogen and oxygen atoms in total. The van der Waals surface area contributed by atoms with Crippen molar-refractivity contribution in [1.29, 1.82) is 0 Å². The number of nitrogens with one attached hydrogen (secondary N) is 2. The molecule has 1 aliphatic carbocycles. The first kappa shape index (κ1) is 15.3. The summed E-state index contributed by atoms with van der Waals surface area (Å²) >= 11 is 0. The van der Waals surface area contributed by atoms with Crippen molar-refractivity contribution in [1.82, 2.24) is 20.4 Å². The van der Waals surface area contributed by atoms with Gasteiger partial charge in [0, 0.05) is 38.8 Å². The Hall–Kier alpha value is -1.14. The van der Waals surface area contributed by atoms with E-state index in [2.05, 4.69) is 15.5 Å². The molecule has 1 saturated heterocycles. The molecule has 1 saturated carbocycles. The highest BCUT2D eigenvalue weighted by atomic mass is 16.2. The Labute approximate surface area is 120 Å². The molecule has 2 fully saturated rings. The predicted octanol–water partition coefficient (Wildman–Crippen LogP) is -0.591. The fraction of sp³-hybridized carbons (Fsp3) is 0.857. The van der Waals surface area contributed by atoms with E-state index in [9.17, 15) is 9.59 Å². The first-order chi connectivity index (χ1) is 9.69. The standard InChI is InChI=1S/C14H26N4O2/c1-2-5-15-13(19)11-17-6-8-18(9-7-17)14(20)10-16-12-3-4-12/h12,16H,2-11H2,1H3,(H,15,19). The molecule has 2 aliphatic rings. The van der Waals surface area contributed by atoms with Gasteiger partial charge >= 0.3 is 0 Å². The van der Waals surface area contributed by atoms with Crippen LogP contribution in [0.4, 0.5) is 0 Å². The van der Waals surface area contributed by atoms with Gasteiger partial charge in [-0.2, -0.15) is 0 Å². The van der Waals surface area contributed by atoms with Crippen molar-refractivity contribution < 1.29 is 9.59 Å². The minimum Gasteiger partial charge on any atom is -0.355 e. The van der Waals surface area contributed by atoms with Crippen LogP contribution in [0.15, 0.2) is 0 Å². The van der Waals surface area contributed by atoms with Crippen molar-refractivity contribution in [3.63, 3.8) is 0 Å². The van der Waals surface area contributed by atoms with Gasteiger partial charge in [0.05, 0.1) is 13.1 Å². The Kier molecular flexibility index (Phi) is 5.79. The van der Waals surface area contributed by atoms with E-state index in [4.69, 9.17) is 0 Å². The lowest BCUT2D eigenvalue weighted by Crippen LogP contribution is -2.52. The average Bonchev–Trinajstić information content (AvgIpc) is 3.27. The second-order valence-electron chi connectivity index (χ2n) is 5.66. The molecule has 114 valence electrons. The fourth-order valence-corrected chi connectivity index (χ4v) is 2.31. The molecule has 0 radical (unpaired) electrons. The SMILES string of the molecule is CCCNC(=O)CN1CCN(C(=O)CNC2CC2)CC1. The second kappa shape index (κ2) is 7.59. The van der Waals surface area contributed by atoms with Crippen molar-refractivity contribution in [2.45, 2.75) is 32.2 Å². The topological polar surface area (TPSA) is 64.7 Å². The third-order valence-corrected chi connectivity index (χ3v) is 3.78. The number of amides is 2. The van der Waals surface area contributed by atoms with Crippen LogP contribution in [0.25, 0.3) is 0 Å². The predicted molar refractivity (Wildman–Crippen MR) is 77.3 cm³/mol. The molecule has 0 bridgehead atoms. The second-order valence-corrected chi connectivity index (χ2v) is 5.66. The Morgan fingerprint density at radius 2 is 1.85 bits per heavy atom. The van der Waals surface area contributed by atoms with Gasteiger partial charge in [0.25, 0.3) is 0 Å². The Bertz CT molecular complexity index is 336. The van der Waals surface area contributed by atoms with E-state index in [0.717, 1.165) is 39.1 Å².